The van der Waals surface area contributed by atoms with Crippen LogP contribution < -0.4 is 0 Å². The van der Waals surface area contributed by atoms with E-state index in [1.165, 1.54) is 6.07 Å². The summed E-state index contributed by atoms with van der Waals surface area (Å²) in [6, 6.07) is 2.85. The Morgan fingerprint density at radius 3 is 2.31 bits per heavy atom. The molecule has 0 aromatic heterocycles. The fourth-order valence-electron chi connectivity index (χ4n) is 0.913. The number of hydrogen-bond acceptors (Lipinski definition) is 3. The van der Waals surface area contributed by atoms with Gasteiger partial charge in [-0.2, -0.15) is 5.26 Å². The lowest BCUT2D eigenvalue weighted by atomic mass is 10.1. The number of nitroso groups, excluding NO2 is 1. The van der Waals surface area contributed by atoms with Gasteiger partial charge in [-0.25, -0.2) is 8.78 Å². The monoisotopic (exact) mass is 182 g/mol. The van der Waals surface area contributed by atoms with Gasteiger partial charge in [0.15, 0.2) is 0 Å². The van der Waals surface area contributed by atoms with E-state index in [0.29, 0.717) is 0 Å². The van der Waals surface area contributed by atoms with Gasteiger partial charge >= 0.3 is 0 Å². The van der Waals surface area contributed by atoms with E-state index in [0.717, 1.165) is 18.2 Å². The number of nitrogens with zero attached hydrogens (tertiary/aromatic N) is 2. The van der Waals surface area contributed by atoms with Gasteiger partial charge in [-0.3, -0.25) is 0 Å². The highest BCUT2D eigenvalue weighted by molar-refractivity contribution is 5.27. The number of benzene rings is 1. The number of hydrogen-bond donors (Lipinski definition) is 0. The Bertz CT molecular complexity index is 353. The third-order valence-corrected chi connectivity index (χ3v) is 1.50. The van der Waals surface area contributed by atoms with E-state index < -0.39 is 23.2 Å². The quantitative estimate of drug-likeness (QED) is 0.659. The molecule has 0 amide bonds. The molecule has 1 unspecified atom stereocenters. The Morgan fingerprint density at radius 1 is 1.38 bits per heavy atom. The van der Waals surface area contributed by atoms with Gasteiger partial charge in [-0.1, -0.05) is 6.07 Å². The molecule has 0 heterocycles. The van der Waals surface area contributed by atoms with E-state index in [-0.39, 0.29) is 0 Å². The van der Waals surface area contributed by atoms with Gasteiger partial charge < -0.3 is 0 Å². The highest BCUT2D eigenvalue weighted by Crippen LogP contribution is 2.22. The second-order valence-electron chi connectivity index (χ2n) is 2.27. The maximum Gasteiger partial charge on any atom is 0.208 e. The van der Waals surface area contributed by atoms with Gasteiger partial charge in [0.2, 0.25) is 6.04 Å². The first-order chi connectivity index (χ1) is 6.20. The van der Waals surface area contributed by atoms with Gasteiger partial charge in [0, 0.05) is 0 Å². The standard InChI is InChI=1S/C8H4F2N2O/c9-5-2-1-3-6(10)8(5)7(4-11)12-13/h1-3,7H. The van der Waals surface area contributed by atoms with Crippen LogP contribution in [0.15, 0.2) is 23.4 Å². The van der Waals surface area contributed by atoms with Crippen molar-refractivity contribution in [2.24, 2.45) is 5.18 Å². The molecule has 0 fully saturated rings. The molecule has 0 spiro atoms. The molecule has 0 aliphatic rings. The summed E-state index contributed by atoms with van der Waals surface area (Å²) < 4.78 is 25.8. The summed E-state index contributed by atoms with van der Waals surface area (Å²) in [5.74, 6) is -1.88. The Labute approximate surface area is 72.6 Å². The predicted molar refractivity (Wildman–Crippen MR) is 40.5 cm³/mol. The molecule has 0 aliphatic heterocycles. The van der Waals surface area contributed by atoms with Crippen molar-refractivity contribution >= 4 is 0 Å². The van der Waals surface area contributed by atoms with Crippen LogP contribution in [0.2, 0.25) is 0 Å². The Morgan fingerprint density at radius 2 is 1.92 bits per heavy atom. The first-order valence-corrected chi connectivity index (χ1v) is 3.36. The minimum absolute atomic E-state index is 0.597. The smallest absolute Gasteiger partial charge is 0.206 e. The Balaban J connectivity index is 3.28. The van der Waals surface area contributed by atoms with Gasteiger partial charge in [0.1, 0.15) is 11.6 Å². The van der Waals surface area contributed by atoms with Crippen LogP contribution in [0.25, 0.3) is 0 Å². The Hall–Kier alpha value is -1.83. The molecule has 0 bridgehead atoms. The highest BCUT2D eigenvalue weighted by Gasteiger charge is 2.19. The molecular formula is C8H4F2N2O. The van der Waals surface area contributed by atoms with E-state index >= 15 is 0 Å². The summed E-state index contributed by atoms with van der Waals surface area (Å²) in [7, 11) is 0. The van der Waals surface area contributed by atoms with Crippen LogP contribution in [0.3, 0.4) is 0 Å². The lowest BCUT2D eigenvalue weighted by Gasteiger charge is -2.02. The summed E-state index contributed by atoms with van der Waals surface area (Å²) in [5.41, 5.74) is -0.597. The minimum atomic E-state index is -1.62. The van der Waals surface area contributed by atoms with Crippen LogP contribution in [-0.2, 0) is 0 Å². The van der Waals surface area contributed by atoms with Crippen LogP contribution in [0, 0.1) is 27.9 Å². The van der Waals surface area contributed by atoms with Crippen LogP contribution in [0.4, 0.5) is 8.78 Å². The topological polar surface area (TPSA) is 53.2 Å². The molecule has 3 nitrogen and oxygen atoms in total. The van der Waals surface area contributed by atoms with E-state index in [4.69, 9.17) is 5.26 Å². The average molecular weight is 182 g/mol. The van der Waals surface area contributed by atoms with Crippen molar-refractivity contribution in [2.75, 3.05) is 0 Å². The summed E-state index contributed by atoms with van der Waals surface area (Å²) in [5, 5.41) is 10.7. The fraction of sp³-hybridized carbons (Fsp3) is 0.125. The fourth-order valence-corrected chi connectivity index (χ4v) is 0.913. The van der Waals surface area contributed by atoms with Crippen molar-refractivity contribution in [2.45, 2.75) is 6.04 Å². The van der Waals surface area contributed by atoms with Crippen molar-refractivity contribution < 1.29 is 8.78 Å². The molecular weight excluding hydrogens is 178 g/mol. The first-order valence-electron chi connectivity index (χ1n) is 3.36. The number of rotatable bonds is 2. The van der Waals surface area contributed by atoms with Gasteiger partial charge in [-0.05, 0) is 17.3 Å². The third kappa shape index (κ3) is 1.67. The molecule has 1 atom stereocenters. The number of halogens is 2. The zero-order chi connectivity index (χ0) is 9.84. The second kappa shape index (κ2) is 3.72. The average Bonchev–Trinajstić information content (AvgIpc) is 2.11. The van der Waals surface area contributed by atoms with Crippen LogP contribution in [0.5, 0.6) is 0 Å². The van der Waals surface area contributed by atoms with Gasteiger partial charge in [0.25, 0.3) is 0 Å². The second-order valence-corrected chi connectivity index (χ2v) is 2.27. The van der Waals surface area contributed by atoms with E-state index in [9.17, 15) is 13.7 Å². The van der Waals surface area contributed by atoms with Crippen LogP contribution in [-0.4, -0.2) is 0 Å². The molecule has 13 heavy (non-hydrogen) atoms. The van der Waals surface area contributed by atoms with E-state index in [1.807, 2.05) is 0 Å². The normalized spacial score (nSPS) is 11.8. The molecule has 1 aromatic carbocycles. The van der Waals surface area contributed by atoms with Crippen molar-refractivity contribution in [1.29, 1.82) is 5.26 Å². The summed E-state index contributed by atoms with van der Waals surface area (Å²) in [6.07, 6.45) is 0. The van der Waals surface area contributed by atoms with Crippen LogP contribution >= 0.6 is 0 Å². The van der Waals surface area contributed by atoms with Crippen molar-refractivity contribution in [3.05, 3.63) is 40.3 Å². The third-order valence-electron chi connectivity index (χ3n) is 1.50. The molecule has 0 radical (unpaired) electrons. The van der Waals surface area contributed by atoms with Crippen molar-refractivity contribution in [1.82, 2.24) is 0 Å². The minimum Gasteiger partial charge on any atom is -0.206 e. The largest absolute Gasteiger partial charge is 0.208 e. The highest BCUT2D eigenvalue weighted by atomic mass is 19.1. The predicted octanol–water partition coefficient (Wildman–Crippen LogP) is 2.30. The summed E-state index contributed by atoms with van der Waals surface area (Å²) >= 11 is 0. The molecule has 66 valence electrons. The first kappa shape index (κ1) is 9.26. The van der Waals surface area contributed by atoms with Crippen molar-refractivity contribution in [3.63, 3.8) is 0 Å². The van der Waals surface area contributed by atoms with E-state index in [2.05, 4.69) is 5.18 Å². The molecule has 0 saturated heterocycles. The van der Waals surface area contributed by atoms with Gasteiger partial charge in [-0.15, -0.1) is 4.91 Å². The molecule has 0 aliphatic carbocycles. The maximum absolute atomic E-state index is 12.9. The SMILES string of the molecule is N#CC(N=O)c1c(F)cccc1F. The number of nitriles is 1. The maximum atomic E-state index is 12.9. The molecule has 1 rings (SSSR count). The van der Waals surface area contributed by atoms with Crippen LogP contribution in [0.1, 0.15) is 11.6 Å². The lowest BCUT2D eigenvalue weighted by Crippen LogP contribution is -1.99. The summed E-state index contributed by atoms with van der Waals surface area (Å²) in [4.78, 5) is 10.0. The molecule has 5 heteroatoms. The molecule has 0 N–H and O–H groups in total. The Kier molecular flexibility index (Phi) is 2.65. The molecule has 1 aromatic rings. The zero-order valence-electron chi connectivity index (χ0n) is 6.37. The van der Waals surface area contributed by atoms with Crippen molar-refractivity contribution in [3.8, 4) is 6.07 Å². The molecule has 0 saturated carbocycles. The van der Waals surface area contributed by atoms with Gasteiger partial charge in [0.05, 0.1) is 11.6 Å². The lowest BCUT2D eigenvalue weighted by molar-refractivity contribution is 0.547. The zero-order valence-corrected chi connectivity index (χ0v) is 6.37. The van der Waals surface area contributed by atoms with E-state index in [1.54, 1.807) is 0 Å². The summed E-state index contributed by atoms with van der Waals surface area (Å²) in [6.45, 7) is 0.